The van der Waals surface area contributed by atoms with Crippen LogP contribution in [-0.4, -0.2) is 12.2 Å². The molecule has 2 nitrogen and oxygen atoms in total. The molecule has 0 aliphatic heterocycles. The fourth-order valence-electron chi connectivity index (χ4n) is 1.66. The molecule has 0 aliphatic carbocycles. The summed E-state index contributed by atoms with van der Waals surface area (Å²) in [5.74, 6) is 0.795. The van der Waals surface area contributed by atoms with Gasteiger partial charge in [0.1, 0.15) is 11.9 Å². The molecule has 17 heavy (non-hydrogen) atoms. The number of aliphatic hydroxyl groups is 1. The lowest BCUT2D eigenvalue weighted by Gasteiger charge is -2.13. The van der Waals surface area contributed by atoms with Crippen molar-refractivity contribution in [1.82, 2.24) is 0 Å². The normalized spacial score (nSPS) is 12.2. The molecule has 2 aromatic rings. The Labute approximate surface area is 114 Å². The van der Waals surface area contributed by atoms with Gasteiger partial charge < -0.3 is 9.84 Å². The van der Waals surface area contributed by atoms with Crippen molar-refractivity contribution < 1.29 is 9.84 Å². The molecule has 0 radical (unpaired) electrons. The minimum absolute atomic E-state index is 0.589. The minimum atomic E-state index is -0.589. The molecule has 0 heterocycles. The molecule has 0 bridgehead atoms. The van der Waals surface area contributed by atoms with Gasteiger partial charge in [0, 0.05) is 3.57 Å². The average molecular weight is 340 g/mol. The first-order chi connectivity index (χ1) is 8.22. The highest BCUT2D eigenvalue weighted by Crippen LogP contribution is 2.27. The van der Waals surface area contributed by atoms with E-state index in [9.17, 15) is 5.11 Å². The van der Waals surface area contributed by atoms with E-state index in [0.717, 1.165) is 20.4 Å². The van der Waals surface area contributed by atoms with Crippen molar-refractivity contribution in [3.8, 4) is 5.75 Å². The van der Waals surface area contributed by atoms with Crippen LogP contribution in [0.25, 0.3) is 0 Å². The van der Waals surface area contributed by atoms with Crippen LogP contribution in [0, 0.1) is 3.57 Å². The Morgan fingerprint density at radius 3 is 2.29 bits per heavy atom. The van der Waals surface area contributed by atoms with Gasteiger partial charge in [-0.1, -0.05) is 30.3 Å². The molecule has 3 heteroatoms. The standard InChI is InChI=1S/C14H13IO2/c1-17-11-8-6-10(7-9-11)14(16)12-4-2-3-5-13(12)15/h2-9,14,16H,1H3. The Balaban J connectivity index is 2.30. The van der Waals surface area contributed by atoms with Crippen molar-refractivity contribution in [2.75, 3.05) is 7.11 Å². The van der Waals surface area contributed by atoms with Crippen LogP contribution in [-0.2, 0) is 0 Å². The number of ether oxygens (including phenoxy) is 1. The predicted molar refractivity (Wildman–Crippen MR) is 76.2 cm³/mol. The van der Waals surface area contributed by atoms with E-state index in [-0.39, 0.29) is 0 Å². The molecule has 0 aromatic heterocycles. The number of aliphatic hydroxyl groups excluding tert-OH is 1. The van der Waals surface area contributed by atoms with Crippen LogP contribution in [0.2, 0.25) is 0 Å². The highest BCUT2D eigenvalue weighted by molar-refractivity contribution is 14.1. The maximum absolute atomic E-state index is 10.3. The zero-order valence-electron chi connectivity index (χ0n) is 9.43. The van der Waals surface area contributed by atoms with Gasteiger partial charge in [0.05, 0.1) is 7.11 Å². The summed E-state index contributed by atoms with van der Waals surface area (Å²) in [5, 5.41) is 10.3. The molecule has 1 atom stereocenters. The quantitative estimate of drug-likeness (QED) is 0.868. The van der Waals surface area contributed by atoms with Gasteiger partial charge in [-0.05, 0) is 51.9 Å². The summed E-state index contributed by atoms with van der Waals surface area (Å²) in [7, 11) is 1.63. The summed E-state index contributed by atoms with van der Waals surface area (Å²) >= 11 is 2.23. The van der Waals surface area contributed by atoms with E-state index < -0.39 is 6.10 Å². The second-order valence-corrected chi connectivity index (χ2v) is 4.86. The maximum atomic E-state index is 10.3. The van der Waals surface area contributed by atoms with Gasteiger partial charge in [0.2, 0.25) is 0 Å². The molecule has 2 rings (SSSR count). The van der Waals surface area contributed by atoms with E-state index in [1.165, 1.54) is 0 Å². The first-order valence-corrected chi connectivity index (χ1v) is 6.36. The maximum Gasteiger partial charge on any atom is 0.118 e. The SMILES string of the molecule is COc1ccc(C(O)c2ccccc2I)cc1. The van der Waals surface area contributed by atoms with Crippen LogP contribution in [0.5, 0.6) is 5.75 Å². The number of benzene rings is 2. The topological polar surface area (TPSA) is 29.5 Å². The van der Waals surface area contributed by atoms with Gasteiger partial charge in [-0.3, -0.25) is 0 Å². The lowest BCUT2D eigenvalue weighted by atomic mass is 10.0. The molecule has 88 valence electrons. The average Bonchev–Trinajstić information content (AvgIpc) is 2.39. The number of rotatable bonds is 3. The third-order valence-electron chi connectivity index (χ3n) is 2.63. The van der Waals surface area contributed by atoms with Gasteiger partial charge >= 0.3 is 0 Å². The molecule has 0 fully saturated rings. The van der Waals surface area contributed by atoms with Crippen LogP contribution >= 0.6 is 22.6 Å². The zero-order valence-corrected chi connectivity index (χ0v) is 11.6. The van der Waals surface area contributed by atoms with Gasteiger partial charge in [-0.2, -0.15) is 0 Å². The largest absolute Gasteiger partial charge is 0.497 e. The van der Waals surface area contributed by atoms with Crippen molar-refractivity contribution in [2.24, 2.45) is 0 Å². The van der Waals surface area contributed by atoms with Crippen LogP contribution in [0.4, 0.5) is 0 Å². The summed E-state index contributed by atoms with van der Waals surface area (Å²) in [6.07, 6.45) is -0.589. The second kappa shape index (κ2) is 5.51. The van der Waals surface area contributed by atoms with Crippen LogP contribution in [0.1, 0.15) is 17.2 Å². The molecule has 0 aliphatic rings. The van der Waals surface area contributed by atoms with E-state index in [4.69, 9.17) is 4.74 Å². The molecule has 0 saturated carbocycles. The van der Waals surface area contributed by atoms with Crippen LogP contribution < -0.4 is 4.74 Å². The Kier molecular flexibility index (Phi) is 4.02. The third-order valence-corrected chi connectivity index (χ3v) is 3.61. The smallest absolute Gasteiger partial charge is 0.118 e. The van der Waals surface area contributed by atoms with Crippen molar-refractivity contribution >= 4 is 22.6 Å². The van der Waals surface area contributed by atoms with E-state index in [0.29, 0.717) is 0 Å². The summed E-state index contributed by atoms with van der Waals surface area (Å²) in [6, 6.07) is 15.3. The fraction of sp³-hybridized carbons (Fsp3) is 0.143. The second-order valence-electron chi connectivity index (χ2n) is 3.70. The van der Waals surface area contributed by atoms with Crippen molar-refractivity contribution in [3.05, 3.63) is 63.2 Å². The zero-order chi connectivity index (χ0) is 12.3. The first kappa shape index (κ1) is 12.4. The Hall–Kier alpha value is -1.07. The van der Waals surface area contributed by atoms with E-state index in [2.05, 4.69) is 22.6 Å². The summed E-state index contributed by atoms with van der Waals surface area (Å²) in [5.41, 5.74) is 1.80. The Morgan fingerprint density at radius 2 is 1.71 bits per heavy atom. The van der Waals surface area contributed by atoms with Crippen LogP contribution in [0.3, 0.4) is 0 Å². The van der Waals surface area contributed by atoms with E-state index in [1.54, 1.807) is 7.11 Å². The van der Waals surface area contributed by atoms with Gasteiger partial charge in [0.25, 0.3) is 0 Å². The first-order valence-electron chi connectivity index (χ1n) is 5.29. The molecular formula is C14H13IO2. The monoisotopic (exact) mass is 340 g/mol. The van der Waals surface area contributed by atoms with E-state index >= 15 is 0 Å². The number of halogens is 1. The number of hydrogen-bond donors (Lipinski definition) is 1. The summed E-state index contributed by atoms with van der Waals surface area (Å²) in [4.78, 5) is 0. The fourth-order valence-corrected chi connectivity index (χ4v) is 2.34. The molecule has 0 amide bonds. The van der Waals surface area contributed by atoms with Crippen molar-refractivity contribution in [2.45, 2.75) is 6.10 Å². The molecular weight excluding hydrogens is 327 g/mol. The molecule has 0 spiro atoms. The predicted octanol–water partition coefficient (Wildman–Crippen LogP) is 3.38. The highest BCUT2D eigenvalue weighted by atomic mass is 127. The molecule has 1 unspecified atom stereocenters. The Bertz CT molecular complexity index is 494. The van der Waals surface area contributed by atoms with E-state index in [1.807, 2.05) is 48.5 Å². The third kappa shape index (κ3) is 2.79. The molecule has 2 aromatic carbocycles. The Morgan fingerprint density at radius 1 is 1.06 bits per heavy atom. The van der Waals surface area contributed by atoms with Gasteiger partial charge in [-0.15, -0.1) is 0 Å². The highest BCUT2D eigenvalue weighted by Gasteiger charge is 2.12. The molecule has 0 saturated heterocycles. The lowest BCUT2D eigenvalue weighted by Crippen LogP contribution is -2.01. The van der Waals surface area contributed by atoms with Gasteiger partial charge in [0.15, 0.2) is 0 Å². The van der Waals surface area contributed by atoms with Crippen LogP contribution in [0.15, 0.2) is 48.5 Å². The number of hydrogen-bond acceptors (Lipinski definition) is 2. The van der Waals surface area contributed by atoms with Crippen molar-refractivity contribution in [1.29, 1.82) is 0 Å². The molecule has 1 N–H and O–H groups in total. The van der Waals surface area contributed by atoms with Gasteiger partial charge in [-0.25, -0.2) is 0 Å². The summed E-state index contributed by atoms with van der Waals surface area (Å²) in [6.45, 7) is 0. The van der Waals surface area contributed by atoms with Crippen molar-refractivity contribution in [3.63, 3.8) is 0 Å². The minimum Gasteiger partial charge on any atom is -0.497 e. The lowest BCUT2D eigenvalue weighted by molar-refractivity contribution is 0.219. The summed E-state index contributed by atoms with van der Waals surface area (Å²) < 4.78 is 6.16. The number of methoxy groups -OCH3 is 1.